The lowest BCUT2D eigenvalue weighted by molar-refractivity contribution is -0.137. The minimum Gasteiger partial charge on any atom is -0.331 e. The predicted octanol–water partition coefficient (Wildman–Crippen LogP) is 4.78. The Kier molecular flexibility index (Phi) is 5.85. The van der Waals surface area contributed by atoms with E-state index in [1.54, 1.807) is 7.05 Å². The van der Waals surface area contributed by atoms with Crippen LogP contribution in [0.3, 0.4) is 0 Å². The van der Waals surface area contributed by atoms with Gasteiger partial charge in [0.25, 0.3) is 10.0 Å². The summed E-state index contributed by atoms with van der Waals surface area (Å²) in [7, 11) is -2.93. The molecule has 2 aromatic carbocycles. The zero-order valence-electron chi connectivity index (χ0n) is 15.0. The van der Waals surface area contributed by atoms with Crippen LogP contribution >= 0.6 is 23.2 Å². The lowest BCUT2D eigenvalue weighted by Gasteiger charge is -2.15. The average Bonchev–Trinajstić information content (AvgIpc) is 3.06. The maximum Gasteiger partial charge on any atom is 0.417 e. The van der Waals surface area contributed by atoms with Gasteiger partial charge in [-0.1, -0.05) is 23.2 Å². The molecule has 0 atom stereocenters. The number of hydrogen-bond acceptors (Lipinski definition) is 4. The third kappa shape index (κ3) is 4.45. The molecule has 1 heterocycles. The van der Waals surface area contributed by atoms with Gasteiger partial charge in [-0.15, -0.1) is 0 Å². The van der Waals surface area contributed by atoms with Crippen LogP contribution in [0.2, 0.25) is 10.0 Å². The van der Waals surface area contributed by atoms with Crippen molar-refractivity contribution in [2.45, 2.75) is 11.1 Å². The van der Waals surface area contributed by atoms with E-state index in [-0.39, 0.29) is 22.0 Å². The number of alkyl halides is 3. The van der Waals surface area contributed by atoms with E-state index in [0.29, 0.717) is 6.07 Å². The van der Waals surface area contributed by atoms with Crippen molar-refractivity contribution in [3.05, 3.63) is 75.8 Å². The van der Waals surface area contributed by atoms with Crippen molar-refractivity contribution in [2.75, 3.05) is 4.72 Å². The van der Waals surface area contributed by atoms with Gasteiger partial charge in [-0.25, -0.2) is 13.4 Å². The molecular weight excluding hydrogens is 466 g/mol. The second kappa shape index (κ2) is 7.93. The van der Waals surface area contributed by atoms with Crippen LogP contribution in [0.1, 0.15) is 21.6 Å². The highest BCUT2D eigenvalue weighted by Gasteiger charge is 2.34. The maximum atomic E-state index is 13.1. The van der Waals surface area contributed by atoms with Crippen molar-refractivity contribution in [1.29, 1.82) is 0 Å². The summed E-state index contributed by atoms with van der Waals surface area (Å²) in [5.74, 6) is -0.559. The van der Waals surface area contributed by atoms with E-state index in [4.69, 9.17) is 23.2 Å². The summed E-state index contributed by atoms with van der Waals surface area (Å²) < 4.78 is 68.3. The highest BCUT2D eigenvalue weighted by atomic mass is 35.5. The number of anilines is 1. The lowest BCUT2D eigenvalue weighted by atomic mass is 10.1. The van der Waals surface area contributed by atoms with E-state index in [2.05, 4.69) is 9.71 Å². The van der Waals surface area contributed by atoms with Crippen molar-refractivity contribution in [2.24, 2.45) is 7.05 Å². The van der Waals surface area contributed by atoms with E-state index < -0.39 is 37.5 Å². The molecule has 0 amide bonds. The van der Waals surface area contributed by atoms with Crippen LogP contribution in [-0.4, -0.2) is 23.8 Å². The molecule has 3 aromatic rings. The lowest BCUT2D eigenvalue weighted by Crippen LogP contribution is -2.18. The number of carbonyl (C=O) groups is 1. The largest absolute Gasteiger partial charge is 0.417 e. The molecule has 0 saturated carbocycles. The second-order valence-corrected chi connectivity index (χ2v) is 8.68. The normalized spacial score (nSPS) is 12.1. The minimum atomic E-state index is -4.85. The van der Waals surface area contributed by atoms with Gasteiger partial charge >= 0.3 is 6.18 Å². The summed E-state index contributed by atoms with van der Waals surface area (Å²) in [5.41, 5.74) is -1.39. The summed E-state index contributed by atoms with van der Waals surface area (Å²) in [6.45, 7) is 0. The Balaban J connectivity index is 2.05. The number of benzene rings is 2. The summed E-state index contributed by atoms with van der Waals surface area (Å²) >= 11 is 11.5. The summed E-state index contributed by atoms with van der Waals surface area (Å²) in [4.78, 5) is 16.0. The fourth-order valence-electron chi connectivity index (χ4n) is 2.61. The Morgan fingerprint density at radius 1 is 1.13 bits per heavy atom. The number of sulfonamides is 1. The Morgan fingerprint density at radius 2 is 1.83 bits per heavy atom. The molecule has 3 rings (SSSR count). The fraction of sp³-hybridized carbons (Fsp3) is 0.111. The first-order chi connectivity index (χ1) is 13.9. The van der Waals surface area contributed by atoms with E-state index in [9.17, 15) is 26.4 Å². The van der Waals surface area contributed by atoms with Crippen LogP contribution in [0.5, 0.6) is 0 Å². The van der Waals surface area contributed by atoms with Crippen LogP contribution in [-0.2, 0) is 23.2 Å². The quantitative estimate of drug-likeness (QED) is 0.536. The molecule has 1 aromatic heterocycles. The zero-order valence-corrected chi connectivity index (χ0v) is 17.4. The van der Waals surface area contributed by atoms with Gasteiger partial charge in [0, 0.05) is 17.6 Å². The third-order valence-corrected chi connectivity index (χ3v) is 6.00. The number of aromatic nitrogens is 2. The summed E-state index contributed by atoms with van der Waals surface area (Å²) in [6, 6.07) is 6.04. The average molecular weight is 478 g/mol. The van der Waals surface area contributed by atoms with Crippen LogP contribution in [0.25, 0.3) is 0 Å². The first-order valence-corrected chi connectivity index (χ1v) is 10.3. The Labute approximate surface area is 179 Å². The predicted molar refractivity (Wildman–Crippen MR) is 105 cm³/mol. The van der Waals surface area contributed by atoms with Crippen LogP contribution < -0.4 is 4.72 Å². The molecule has 0 fully saturated rings. The molecular formula is C18H12Cl2F3N3O3S. The molecule has 0 spiro atoms. The third-order valence-electron chi connectivity index (χ3n) is 4.07. The molecule has 0 bridgehead atoms. The fourth-order valence-corrected chi connectivity index (χ4v) is 4.10. The van der Waals surface area contributed by atoms with Crippen molar-refractivity contribution in [1.82, 2.24) is 9.55 Å². The summed E-state index contributed by atoms with van der Waals surface area (Å²) in [6.07, 6.45) is -2.16. The van der Waals surface area contributed by atoms with Crippen LogP contribution in [0, 0.1) is 0 Å². The van der Waals surface area contributed by atoms with Gasteiger partial charge in [0.15, 0.2) is 0 Å². The highest BCUT2D eigenvalue weighted by Crippen LogP contribution is 2.36. The summed E-state index contributed by atoms with van der Waals surface area (Å²) in [5, 5.41) is -0.530. The van der Waals surface area contributed by atoms with Crippen molar-refractivity contribution >= 4 is 44.7 Å². The van der Waals surface area contributed by atoms with Crippen molar-refractivity contribution < 1.29 is 26.4 Å². The monoisotopic (exact) mass is 477 g/mol. The van der Waals surface area contributed by atoms with Gasteiger partial charge in [0.2, 0.25) is 5.78 Å². The number of aryl methyl sites for hydroxylation is 1. The first kappa shape index (κ1) is 22.1. The van der Waals surface area contributed by atoms with Crippen molar-refractivity contribution in [3.63, 3.8) is 0 Å². The maximum absolute atomic E-state index is 13.1. The molecule has 0 unspecified atom stereocenters. The number of carbonyl (C=O) groups excluding carboxylic acids is 1. The van der Waals surface area contributed by atoms with Crippen LogP contribution in [0.4, 0.5) is 18.9 Å². The highest BCUT2D eigenvalue weighted by molar-refractivity contribution is 7.92. The van der Waals surface area contributed by atoms with Gasteiger partial charge in [-0.3, -0.25) is 9.52 Å². The molecule has 0 aliphatic carbocycles. The molecule has 12 heteroatoms. The van der Waals surface area contributed by atoms with Gasteiger partial charge in [0.1, 0.15) is 5.69 Å². The van der Waals surface area contributed by atoms with E-state index in [0.717, 1.165) is 12.1 Å². The number of rotatable bonds is 5. The molecule has 6 nitrogen and oxygen atoms in total. The molecule has 1 N–H and O–H groups in total. The number of nitrogens with one attached hydrogen (secondary N) is 1. The first-order valence-electron chi connectivity index (χ1n) is 8.10. The Morgan fingerprint density at radius 3 is 2.43 bits per heavy atom. The van der Waals surface area contributed by atoms with Gasteiger partial charge < -0.3 is 4.57 Å². The molecule has 0 aliphatic heterocycles. The number of nitrogens with zero attached hydrogens (tertiary/aromatic N) is 2. The number of imidazole rings is 1. The standard InChI is InChI=1S/C18H12Cl2F3N3O3S/c1-26-9-24-8-16(26)17(27)12-4-2-10(19)6-15(12)25-30(28,29)11-3-5-14(20)13(7-11)18(21,22)23/h2-9,25H,1H3. The molecule has 0 aliphatic rings. The molecule has 158 valence electrons. The Hall–Kier alpha value is -2.56. The number of hydrogen-bond donors (Lipinski definition) is 1. The number of halogens is 5. The SMILES string of the molecule is Cn1cncc1C(=O)c1ccc(Cl)cc1NS(=O)(=O)c1ccc(Cl)c(C(F)(F)F)c1. The Bertz CT molecular complexity index is 1240. The van der Waals surface area contributed by atoms with Gasteiger partial charge in [-0.2, -0.15) is 13.2 Å². The molecule has 0 radical (unpaired) electrons. The van der Waals surface area contributed by atoms with E-state index in [1.165, 1.54) is 35.3 Å². The van der Waals surface area contributed by atoms with Gasteiger partial charge in [0.05, 0.1) is 33.7 Å². The second-order valence-electron chi connectivity index (χ2n) is 6.15. The smallest absolute Gasteiger partial charge is 0.331 e. The molecule has 0 saturated heterocycles. The van der Waals surface area contributed by atoms with E-state index in [1.807, 2.05) is 0 Å². The van der Waals surface area contributed by atoms with Crippen LogP contribution in [0.15, 0.2) is 53.8 Å². The van der Waals surface area contributed by atoms with E-state index >= 15 is 0 Å². The minimum absolute atomic E-state index is 0.0587. The topological polar surface area (TPSA) is 81.1 Å². The van der Waals surface area contributed by atoms with Gasteiger partial charge in [-0.05, 0) is 36.4 Å². The zero-order chi connectivity index (χ0) is 22.3. The number of ketones is 1. The molecule has 30 heavy (non-hydrogen) atoms. The van der Waals surface area contributed by atoms with Crippen molar-refractivity contribution in [3.8, 4) is 0 Å².